The van der Waals surface area contributed by atoms with E-state index in [1.54, 1.807) is 6.07 Å². The minimum absolute atomic E-state index is 0.117. The van der Waals surface area contributed by atoms with Crippen molar-refractivity contribution in [3.8, 4) is 0 Å². The van der Waals surface area contributed by atoms with Crippen LogP contribution in [0.4, 0.5) is 5.82 Å². The predicted molar refractivity (Wildman–Crippen MR) is 63.2 cm³/mol. The molecule has 1 aromatic heterocycles. The number of nitrogens with zero attached hydrogens (tertiary/aromatic N) is 3. The standard InChI is InChI=1S/C11H14ClN3O2/c12-9-1-2-10(14-13-9)15-5-6-17-8(7-15)11(16)3-4-11/h1-2,8,16H,3-7H2. The average molecular weight is 256 g/mol. The first kappa shape index (κ1) is 11.2. The molecule has 17 heavy (non-hydrogen) atoms. The van der Waals surface area contributed by atoms with Gasteiger partial charge in [-0.25, -0.2) is 0 Å². The summed E-state index contributed by atoms with van der Waals surface area (Å²) in [6.45, 7) is 2.03. The summed E-state index contributed by atoms with van der Waals surface area (Å²) in [5, 5.41) is 18.3. The number of anilines is 1. The summed E-state index contributed by atoms with van der Waals surface area (Å²) in [7, 11) is 0. The first-order valence-electron chi connectivity index (χ1n) is 5.75. The van der Waals surface area contributed by atoms with Gasteiger partial charge in [0.15, 0.2) is 11.0 Å². The van der Waals surface area contributed by atoms with E-state index in [0.29, 0.717) is 18.3 Å². The number of morpholine rings is 1. The molecule has 0 bridgehead atoms. The Morgan fingerprint density at radius 2 is 2.24 bits per heavy atom. The Bertz CT molecular complexity index is 408. The Morgan fingerprint density at radius 3 is 2.88 bits per heavy atom. The third-order valence-corrected chi connectivity index (χ3v) is 3.57. The Morgan fingerprint density at radius 1 is 1.41 bits per heavy atom. The zero-order valence-corrected chi connectivity index (χ0v) is 10.1. The van der Waals surface area contributed by atoms with E-state index in [1.165, 1.54) is 0 Å². The molecular weight excluding hydrogens is 242 g/mol. The second-order valence-electron chi connectivity index (χ2n) is 4.62. The molecule has 1 saturated carbocycles. The van der Waals surface area contributed by atoms with Gasteiger partial charge in [-0.05, 0) is 25.0 Å². The topological polar surface area (TPSA) is 58.5 Å². The molecule has 1 atom stereocenters. The molecule has 0 aromatic carbocycles. The highest BCUT2D eigenvalue weighted by Gasteiger charge is 2.50. The van der Waals surface area contributed by atoms with Crippen LogP contribution in [0.5, 0.6) is 0 Å². The molecule has 2 aliphatic rings. The van der Waals surface area contributed by atoms with Crippen molar-refractivity contribution < 1.29 is 9.84 Å². The number of ether oxygens (including phenoxy) is 1. The fourth-order valence-electron chi connectivity index (χ4n) is 2.11. The molecule has 0 amide bonds. The summed E-state index contributed by atoms with van der Waals surface area (Å²) < 4.78 is 5.61. The summed E-state index contributed by atoms with van der Waals surface area (Å²) >= 11 is 5.71. The Labute approximate surface area is 104 Å². The van der Waals surface area contributed by atoms with E-state index in [2.05, 4.69) is 15.1 Å². The van der Waals surface area contributed by atoms with Gasteiger partial charge in [-0.15, -0.1) is 10.2 Å². The van der Waals surface area contributed by atoms with E-state index in [-0.39, 0.29) is 6.10 Å². The number of halogens is 1. The van der Waals surface area contributed by atoms with Crippen molar-refractivity contribution in [1.82, 2.24) is 10.2 Å². The van der Waals surface area contributed by atoms with Crippen molar-refractivity contribution in [2.75, 3.05) is 24.6 Å². The second kappa shape index (κ2) is 4.08. The summed E-state index contributed by atoms with van der Waals surface area (Å²) in [6, 6.07) is 3.56. The van der Waals surface area contributed by atoms with Gasteiger partial charge in [-0.3, -0.25) is 0 Å². The van der Waals surface area contributed by atoms with E-state index in [9.17, 15) is 5.11 Å². The van der Waals surface area contributed by atoms with Crippen LogP contribution in [0.1, 0.15) is 12.8 Å². The fourth-order valence-corrected chi connectivity index (χ4v) is 2.21. The molecule has 0 spiro atoms. The molecule has 3 rings (SSSR count). The fraction of sp³-hybridized carbons (Fsp3) is 0.636. The molecule has 6 heteroatoms. The lowest BCUT2D eigenvalue weighted by atomic mass is 10.1. The average Bonchev–Trinajstić information content (AvgIpc) is 3.10. The Hall–Kier alpha value is -0.910. The molecule has 1 aliphatic heterocycles. The maximum absolute atomic E-state index is 10.1. The third kappa shape index (κ3) is 2.22. The third-order valence-electron chi connectivity index (χ3n) is 3.37. The quantitative estimate of drug-likeness (QED) is 0.850. The van der Waals surface area contributed by atoms with Crippen molar-refractivity contribution in [3.05, 3.63) is 17.3 Å². The van der Waals surface area contributed by atoms with Gasteiger partial charge in [0.25, 0.3) is 0 Å². The van der Waals surface area contributed by atoms with E-state index < -0.39 is 5.60 Å². The van der Waals surface area contributed by atoms with Crippen LogP contribution in [0.2, 0.25) is 5.15 Å². The zero-order chi connectivity index (χ0) is 11.9. The lowest BCUT2D eigenvalue weighted by molar-refractivity contribution is -0.0588. The van der Waals surface area contributed by atoms with E-state index in [0.717, 1.165) is 25.2 Å². The van der Waals surface area contributed by atoms with Crippen LogP contribution in [0.3, 0.4) is 0 Å². The van der Waals surface area contributed by atoms with Crippen molar-refractivity contribution in [2.24, 2.45) is 0 Å². The van der Waals surface area contributed by atoms with Crippen molar-refractivity contribution in [3.63, 3.8) is 0 Å². The SMILES string of the molecule is OC1(C2CN(c3ccc(Cl)nn3)CCO2)CC1. The minimum atomic E-state index is -0.613. The molecule has 92 valence electrons. The molecule has 1 aromatic rings. The lowest BCUT2D eigenvalue weighted by Gasteiger charge is -2.35. The number of hydrogen-bond donors (Lipinski definition) is 1. The summed E-state index contributed by atoms with van der Waals surface area (Å²) in [5.74, 6) is 0.784. The predicted octanol–water partition coefficient (Wildman–Crippen LogP) is 0.860. The van der Waals surface area contributed by atoms with Gasteiger partial charge >= 0.3 is 0 Å². The van der Waals surface area contributed by atoms with Crippen LogP contribution in [0, 0.1) is 0 Å². The van der Waals surface area contributed by atoms with Gasteiger partial charge in [0, 0.05) is 13.1 Å². The maximum Gasteiger partial charge on any atom is 0.151 e. The molecular formula is C11H14ClN3O2. The Balaban J connectivity index is 1.73. The Kier molecular flexibility index (Phi) is 2.69. The highest BCUT2D eigenvalue weighted by molar-refractivity contribution is 6.29. The maximum atomic E-state index is 10.1. The first-order chi connectivity index (χ1) is 8.17. The molecule has 2 fully saturated rings. The highest BCUT2D eigenvalue weighted by atomic mass is 35.5. The van der Waals surface area contributed by atoms with Gasteiger partial charge in [0.05, 0.1) is 12.2 Å². The van der Waals surface area contributed by atoms with Crippen LogP contribution in [0.25, 0.3) is 0 Å². The first-order valence-corrected chi connectivity index (χ1v) is 6.13. The monoisotopic (exact) mass is 255 g/mol. The lowest BCUT2D eigenvalue weighted by Crippen LogP contribution is -2.49. The van der Waals surface area contributed by atoms with Crippen molar-refractivity contribution in [2.45, 2.75) is 24.5 Å². The highest BCUT2D eigenvalue weighted by Crippen LogP contribution is 2.41. The van der Waals surface area contributed by atoms with Gasteiger partial charge in [-0.1, -0.05) is 11.6 Å². The van der Waals surface area contributed by atoms with Crippen LogP contribution in [0.15, 0.2) is 12.1 Å². The van der Waals surface area contributed by atoms with Gasteiger partial charge in [0.1, 0.15) is 6.10 Å². The molecule has 0 radical (unpaired) electrons. The molecule has 1 saturated heterocycles. The number of aromatic nitrogens is 2. The summed E-state index contributed by atoms with van der Waals surface area (Å²) in [4.78, 5) is 2.08. The molecule has 2 heterocycles. The minimum Gasteiger partial charge on any atom is -0.387 e. The van der Waals surface area contributed by atoms with Crippen LogP contribution >= 0.6 is 11.6 Å². The largest absolute Gasteiger partial charge is 0.387 e. The molecule has 1 unspecified atom stereocenters. The van der Waals surface area contributed by atoms with Gasteiger partial charge < -0.3 is 14.7 Å². The number of aliphatic hydroxyl groups is 1. The van der Waals surface area contributed by atoms with Crippen LogP contribution in [-0.2, 0) is 4.74 Å². The van der Waals surface area contributed by atoms with Crippen LogP contribution in [-0.4, -0.2) is 46.7 Å². The van der Waals surface area contributed by atoms with Crippen molar-refractivity contribution >= 4 is 17.4 Å². The van der Waals surface area contributed by atoms with Crippen LogP contribution < -0.4 is 4.90 Å². The van der Waals surface area contributed by atoms with Crippen molar-refractivity contribution in [1.29, 1.82) is 0 Å². The smallest absolute Gasteiger partial charge is 0.151 e. The van der Waals surface area contributed by atoms with Gasteiger partial charge in [0.2, 0.25) is 0 Å². The van der Waals surface area contributed by atoms with E-state index in [1.807, 2.05) is 6.07 Å². The van der Waals surface area contributed by atoms with E-state index in [4.69, 9.17) is 16.3 Å². The molecule has 1 N–H and O–H groups in total. The normalized spacial score (nSPS) is 26.9. The summed E-state index contributed by atoms with van der Waals surface area (Å²) in [6.07, 6.45) is 1.55. The number of rotatable bonds is 2. The van der Waals surface area contributed by atoms with Gasteiger partial charge in [-0.2, -0.15) is 0 Å². The molecule has 5 nitrogen and oxygen atoms in total. The second-order valence-corrected chi connectivity index (χ2v) is 5.01. The van der Waals surface area contributed by atoms with E-state index >= 15 is 0 Å². The summed E-state index contributed by atoms with van der Waals surface area (Å²) in [5.41, 5.74) is -0.613. The number of hydrogen-bond acceptors (Lipinski definition) is 5. The molecule has 1 aliphatic carbocycles. The zero-order valence-electron chi connectivity index (χ0n) is 9.34.